The molecule has 26 heavy (non-hydrogen) atoms. The van der Waals surface area contributed by atoms with Crippen LogP contribution < -0.4 is 5.32 Å². The molecule has 1 heterocycles. The Morgan fingerprint density at radius 2 is 1.88 bits per heavy atom. The summed E-state index contributed by atoms with van der Waals surface area (Å²) in [5.74, 6) is -0.665. The Kier molecular flexibility index (Phi) is 5.30. The minimum Gasteiger partial charge on any atom is -0.481 e. The summed E-state index contributed by atoms with van der Waals surface area (Å²) in [4.78, 5) is 28.7. The molecule has 6 nitrogen and oxygen atoms in total. The lowest BCUT2D eigenvalue weighted by Crippen LogP contribution is -2.37. The molecule has 3 unspecified atom stereocenters. The Bertz CT molecular complexity index is 812. The van der Waals surface area contributed by atoms with Crippen LogP contribution in [-0.2, 0) is 9.59 Å². The van der Waals surface area contributed by atoms with Gasteiger partial charge in [0.15, 0.2) is 0 Å². The number of hydrogen-bond acceptors (Lipinski definition) is 3. The number of carbonyl (C=O) groups is 2. The first-order valence-electron chi connectivity index (χ1n) is 9.38. The Hall–Kier alpha value is -2.37. The number of hydrogen-bond donors (Lipinski definition) is 2. The maximum atomic E-state index is 12.7. The van der Waals surface area contributed by atoms with E-state index in [4.69, 9.17) is 4.98 Å². The van der Waals surface area contributed by atoms with Crippen molar-refractivity contribution in [2.45, 2.75) is 58.5 Å². The van der Waals surface area contributed by atoms with E-state index < -0.39 is 11.9 Å². The Labute approximate surface area is 153 Å². The monoisotopic (exact) mass is 357 g/mol. The molecule has 1 amide bonds. The number of fused-ring (bicyclic) bond motifs is 1. The van der Waals surface area contributed by atoms with Crippen molar-refractivity contribution in [2.75, 3.05) is 0 Å². The summed E-state index contributed by atoms with van der Waals surface area (Å²) in [6.45, 7) is 6.14. The number of carbonyl (C=O) groups excluding carboxylic acids is 1. The van der Waals surface area contributed by atoms with Crippen LogP contribution in [0.3, 0.4) is 0 Å². The topological polar surface area (TPSA) is 84.2 Å². The lowest BCUT2D eigenvalue weighted by atomic mass is 9.81. The Balaban J connectivity index is 1.78. The highest BCUT2D eigenvalue weighted by molar-refractivity contribution is 5.81. The molecule has 1 aromatic carbocycles. The molecule has 0 bridgehead atoms. The number of nitrogens with zero attached hydrogens (tertiary/aromatic N) is 2. The number of nitrogens with one attached hydrogen (secondary N) is 1. The summed E-state index contributed by atoms with van der Waals surface area (Å²) in [5.41, 5.74) is 1.98. The van der Waals surface area contributed by atoms with Crippen LogP contribution in [-0.4, -0.2) is 26.5 Å². The fraction of sp³-hybridized carbons (Fsp3) is 0.550. The highest BCUT2D eigenvalue weighted by atomic mass is 16.4. The maximum Gasteiger partial charge on any atom is 0.306 e. The van der Waals surface area contributed by atoms with E-state index in [1.54, 1.807) is 0 Å². The van der Waals surface area contributed by atoms with Gasteiger partial charge in [-0.25, -0.2) is 4.98 Å². The fourth-order valence-electron chi connectivity index (χ4n) is 3.96. The van der Waals surface area contributed by atoms with Crippen molar-refractivity contribution >= 4 is 22.9 Å². The van der Waals surface area contributed by atoms with E-state index in [2.05, 4.69) is 23.7 Å². The smallest absolute Gasteiger partial charge is 0.306 e. The summed E-state index contributed by atoms with van der Waals surface area (Å²) in [6.07, 6.45) is 2.63. The summed E-state index contributed by atoms with van der Waals surface area (Å²) in [6, 6.07) is 7.96. The summed E-state index contributed by atoms with van der Waals surface area (Å²) in [5, 5.41) is 12.3. The van der Waals surface area contributed by atoms with Crippen molar-refractivity contribution in [2.24, 2.45) is 11.8 Å². The lowest BCUT2D eigenvalue weighted by Gasteiger charge is -2.27. The van der Waals surface area contributed by atoms with Crippen molar-refractivity contribution in [3.63, 3.8) is 0 Å². The molecule has 1 fully saturated rings. The minimum absolute atomic E-state index is 0.0641. The fourth-order valence-corrected chi connectivity index (χ4v) is 3.96. The van der Waals surface area contributed by atoms with Crippen LogP contribution in [0.25, 0.3) is 11.0 Å². The molecule has 3 rings (SSSR count). The molecule has 0 spiro atoms. The van der Waals surface area contributed by atoms with Gasteiger partial charge in [-0.3, -0.25) is 9.59 Å². The molecular formula is C20H27N3O3. The molecule has 1 aliphatic carbocycles. The van der Waals surface area contributed by atoms with Crippen LogP contribution in [0.5, 0.6) is 0 Å². The van der Waals surface area contributed by atoms with Gasteiger partial charge in [0.05, 0.1) is 23.0 Å². The third-order valence-corrected chi connectivity index (χ3v) is 5.28. The van der Waals surface area contributed by atoms with Crippen LogP contribution in [0, 0.1) is 11.8 Å². The first-order chi connectivity index (χ1) is 12.4. The molecule has 1 aromatic heterocycles. The van der Waals surface area contributed by atoms with Crippen LogP contribution in [0.1, 0.15) is 64.4 Å². The predicted molar refractivity (Wildman–Crippen MR) is 99.8 cm³/mol. The van der Waals surface area contributed by atoms with Crippen molar-refractivity contribution < 1.29 is 14.7 Å². The quantitative estimate of drug-likeness (QED) is 0.855. The van der Waals surface area contributed by atoms with Crippen molar-refractivity contribution in [3.8, 4) is 0 Å². The molecule has 2 N–H and O–H groups in total. The van der Waals surface area contributed by atoms with Gasteiger partial charge in [-0.15, -0.1) is 0 Å². The minimum atomic E-state index is -0.794. The molecule has 3 atom stereocenters. The zero-order valence-corrected chi connectivity index (χ0v) is 15.6. The molecule has 0 radical (unpaired) electrons. The third-order valence-electron chi connectivity index (χ3n) is 5.28. The molecule has 1 saturated carbocycles. The number of benzene rings is 1. The van der Waals surface area contributed by atoms with Gasteiger partial charge in [-0.2, -0.15) is 0 Å². The number of amides is 1. The Morgan fingerprint density at radius 1 is 1.19 bits per heavy atom. The number of carboxylic acids is 1. The van der Waals surface area contributed by atoms with E-state index in [1.165, 1.54) is 0 Å². The summed E-state index contributed by atoms with van der Waals surface area (Å²) >= 11 is 0. The first-order valence-corrected chi connectivity index (χ1v) is 9.38. The molecule has 6 heteroatoms. The van der Waals surface area contributed by atoms with Crippen LogP contribution in [0.4, 0.5) is 0 Å². The first kappa shape index (κ1) is 18.4. The van der Waals surface area contributed by atoms with Crippen LogP contribution >= 0.6 is 0 Å². The van der Waals surface area contributed by atoms with E-state index in [-0.39, 0.29) is 23.9 Å². The highest BCUT2D eigenvalue weighted by Crippen LogP contribution is 2.30. The predicted octanol–water partition coefficient (Wildman–Crippen LogP) is 3.69. The van der Waals surface area contributed by atoms with E-state index in [9.17, 15) is 14.7 Å². The van der Waals surface area contributed by atoms with Gasteiger partial charge < -0.3 is 15.0 Å². The van der Waals surface area contributed by atoms with E-state index in [1.807, 2.05) is 31.2 Å². The normalized spacial score (nSPS) is 21.7. The van der Waals surface area contributed by atoms with Crippen molar-refractivity contribution in [1.29, 1.82) is 0 Å². The maximum absolute atomic E-state index is 12.7. The average Bonchev–Trinajstić information content (AvgIpc) is 3.01. The number of aliphatic carboxylic acids is 1. The van der Waals surface area contributed by atoms with E-state index in [0.717, 1.165) is 29.7 Å². The molecule has 140 valence electrons. The largest absolute Gasteiger partial charge is 0.481 e. The lowest BCUT2D eigenvalue weighted by molar-refractivity contribution is -0.144. The van der Waals surface area contributed by atoms with Crippen molar-refractivity contribution in [1.82, 2.24) is 14.9 Å². The van der Waals surface area contributed by atoms with Gasteiger partial charge in [0.25, 0.3) is 0 Å². The van der Waals surface area contributed by atoms with E-state index in [0.29, 0.717) is 12.8 Å². The zero-order chi connectivity index (χ0) is 18.8. The van der Waals surface area contributed by atoms with Gasteiger partial charge in [-0.05, 0) is 52.2 Å². The van der Waals surface area contributed by atoms with Crippen LogP contribution in [0.15, 0.2) is 24.3 Å². The van der Waals surface area contributed by atoms with Gasteiger partial charge in [0.1, 0.15) is 5.82 Å². The second-order valence-electron chi connectivity index (χ2n) is 7.55. The molecule has 1 aliphatic rings. The van der Waals surface area contributed by atoms with Gasteiger partial charge in [-0.1, -0.05) is 18.6 Å². The van der Waals surface area contributed by atoms with Gasteiger partial charge >= 0.3 is 5.97 Å². The summed E-state index contributed by atoms with van der Waals surface area (Å²) in [7, 11) is 0. The average molecular weight is 357 g/mol. The van der Waals surface area contributed by atoms with Crippen LogP contribution in [0.2, 0.25) is 0 Å². The Morgan fingerprint density at radius 3 is 2.58 bits per heavy atom. The molecule has 0 aliphatic heterocycles. The number of carboxylic acid groups (broad SMARTS) is 1. The van der Waals surface area contributed by atoms with Gasteiger partial charge in [0, 0.05) is 12.0 Å². The van der Waals surface area contributed by atoms with E-state index >= 15 is 0 Å². The molecular weight excluding hydrogens is 330 g/mol. The second kappa shape index (κ2) is 7.48. The van der Waals surface area contributed by atoms with Crippen molar-refractivity contribution in [3.05, 3.63) is 30.1 Å². The number of rotatable bonds is 5. The second-order valence-corrected chi connectivity index (χ2v) is 7.55. The number of imidazole rings is 1. The molecule has 2 aromatic rings. The SMILES string of the molecule is CC(NC(=O)C1CCCC(C(=O)O)C1)c1nc2ccccc2n1C(C)C. The zero-order valence-electron chi connectivity index (χ0n) is 15.6. The highest BCUT2D eigenvalue weighted by Gasteiger charge is 2.32. The van der Waals surface area contributed by atoms with Gasteiger partial charge in [0.2, 0.25) is 5.91 Å². The molecule has 0 saturated heterocycles. The number of aromatic nitrogens is 2. The third kappa shape index (κ3) is 3.59. The standard InChI is InChI=1S/C20H27N3O3/c1-12(2)23-17-10-5-4-9-16(17)22-18(23)13(3)21-19(24)14-7-6-8-15(11-14)20(25)26/h4-5,9-10,12-15H,6-8,11H2,1-3H3,(H,21,24)(H,25,26). The number of para-hydroxylation sites is 2. The summed E-state index contributed by atoms with van der Waals surface area (Å²) < 4.78 is 2.15.